The Bertz CT molecular complexity index is 924. The highest BCUT2D eigenvalue weighted by molar-refractivity contribution is 7.10. The lowest BCUT2D eigenvalue weighted by atomic mass is 9.98. The molecule has 28 heavy (non-hydrogen) atoms. The van der Waals surface area contributed by atoms with Gasteiger partial charge in [-0.05, 0) is 35.1 Å². The van der Waals surface area contributed by atoms with Gasteiger partial charge in [-0.1, -0.05) is 44.2 Å². The molecular weight excluding hydrogens is 378 g/mol. The molecule has 1 aromatic heterocycles. The van der Waals surface area contributed by atoms with Crippen molar-refractivity contribution in [3.8, 4) is 0 Å². The standard InChI is InChI=1S/C22H22F2N2OS/c1-14(2)15-5-7-16(8-6-15)22(20-4-3-11-28-20)25-13-21(27)26-19-10-9-17(23)12-18(19)24/h3-12,14,22,25H,13H2,1-2H3,(H,26,27)/p+1/t22-/m0/s1. The zero-order chi connectivity index (χ0) is 20.1. The van der Waals surface area contributed by atoms with Crippen molar-refractivity contribution in [2.24, 2.45) is 0 Å². The first-order valence-corrected chi connectivity index (χ1v) is 10.0. The summed E-state index contributed by atoms with van der Waals surface area (Å²) in [5, 5.41) is 6.44. The number of hydrogen-bond donors (Lipinski definition) is 2. The fourth-order valence-corrected chi connectivity index (χ4v) is 3.84. The summed E-state index contributed by atoms with van der Waals surface area (Å²) in [5.74, 6) is -1.35. The van der Waals surface area contributed by atoms with Crippen LogP contribution >= 0.6 is 11.3 Å². The third kappa shape index (κ3) is 5.03. The zero-order valence-corrected chi connectivity index (χ0v) is 16.6. The van der Waals surface area contributed by atoms with E-state index in [4.69, 9.17) is 0 Å². The van der Waals surface area contributed by atoms with Gasteiger partial charge in [0.05, 0.1) is 10.6 Å². The van der Waals surface area contributed by atoms with Crippen LogP contribution in [0.5, 0.6) is 0 Å². The molecular formula is C22H23F2N2OS+. The summed E-state index contributed by atoms with van der Waals surface area (Å²) in [6, 6.07) is 15.5. The molecule has 0 aliphatic rings. The fourth-order valence-electron chi connectivity index (χ4n) is 2.99. The van der Waals surface area contributed by atoms with Gasteiger partial charge < -0.3 is 10.6 Å². The molecule has 2 aromatic carbocycles. The first-order valence-electron chi connectivity index (χ1n) is 9.15. The van der Waals surface area contributed by atoms with Crippen LogP contribution in [0.1, 0.15) is 41.8 Å². The maximum atomic E-state index is 13.7. The summed E-state index contributed by atoms with van der Waals surface area (Å²) in [4.78, 5) is 13.4. The minimum Gasteiger partial charge on any atom is -0.328 e. The van der Waals surface area contributed by atoms with Crippen molar-refractivity contribution in [2.75, 3.05) is 11.9 Å². The van der Waals surface area contributed by atoms with Crippen LogP contribution in [0, 0.1) is 11.6 Å². The molecule has 0 saturated heterocycles. The van der Waals surface area contributed by atoms with E-state index >= 15 is 0 Å². The second-order valence-electron chi connectivity index (χ2n) is 6.93. The topological polar surface area (TPSA) is 45.7 Å². The van der Waals surface area contributed by atoms with Gasteiger partial charge >= 0.3 is 0 Å². The average Bonchev–Trinajstić information content (AvgIpc) is 3.19. The lowest BCUT2D eigenvalue weighted by Crippen LogP contribution is -2.87. The largest absolute Gasteiger partial charge is 0.328 e. The Morgan fingerprint density at radius 1 is 1.07 bits per heavy atom. The van der Waals surface area contributed by atoms with E-state index in [1.54, 1.807) is 11.3 Å². The summed E-state index contributed by atoms with van der Waals surface area (Å²) in [7, 11) is 0. The molecule has 3 aromatic rings. The van der Waals surface area contributed by atoms with Crippen molar-refractivity contribution in [3.05, 3.63) is 87.6 Å². The normalized spacial score (nSPS) is 12.2. The number of amides is 1. The van der Waals surface area contributed by atoms with E-state index in [0.29, 0.717) is 5.92 Å². The third-order valence-electron chi connectivity index (χ3n) is 4.56. The predicted molar refractivity (Wildman–Crippen MR) is 108 cm³/mol. The van der Waals surface area contributed by atoms with Gasteiger partial charge in [0.15, 0.2) is 6.54 Å². The molecule has 1 atom stereocenters. The van der Waals surface area contributed by atoms with E-state index in [9.17, 15) is 13.6 Å². The molecule has 6 heteroatoms. The Kier molecular flexibility index (Phi) is 6.54. The smallest absolute Gasteiger partial charge is 0.279 e. The Labute approximate surface area is 167 Å². The summed E-state index contributed by atoms with van der Waals surface area (Å²) in [6.07, 6.45) is 0. The van der Waals surface area contributed by atoms with E-state index in [0.717, 1.165) is 22.6 Å². The first-order chi connectivity index (χ1) is 13.4. The SMILES string of the molecule is CC(C)c1ccc([C@H]([NH2+]CC(=O)Nc2ccc(F)cc2F)c2cccs2)cc1. The van der Waals surface area contributed by atoms with Crippen molar-refractivity contribution < 1.29 is 18.9 Å². The van der Waals surface area contributed by atoms with Gasteiger partial charge in [-0.15, -0.1) is 11.3 Å². The molecule has 0 radical (unpaired) electrons. The molecule has 3 rings (SSSR count). The molecule has 0 fully saturated rings. The van der Waals surface area contributed by atoms with Crippen LogP contribution in [0.2, 0.25) is 0 Å². The van der Waals surface area contributed by atoms with Crippen molar-refractivity contribution in [2.45, 2.75) is 25.8 Å². The van der Waals surface area contributed by atoms with E-state index in [1.807, 2.05) is 22.8 Å². The molecule has 0 aliphatic carbocycles. The van der Waals surface area contributed by atoms with E-state index in [-0.39, 0.29) is 24.2 Å². The predicted octanol–water partition coefficient (Wildman–Crippen LogP) is 4.44. The molecule has 1 amide bonds. The van der Waals surface area contributed by atoms with Gasteiger partial charge in [-0.2, -0.15) is 0 Å². The van der Waals surface area contributed by atoms with Crippen LogP contribution in [-0.4, -0.2) is 12.5 Å². The number of thiophene rings is 1. The number of carbonyl (C=O) groups is 1. The van der Waals surface area contributed by atoms with Crippen LogP contribution in [0.4, 0.5) is 14.5 Å². The monoisotopic (exact) mass is 401 g/mol. The maximum Gasteiger partial charge on any atom is 0.279 e. The van der Waals surface area contributed by atoms with Crippen LogP contribution < -0.4 is 10.6 Å². The van der Waals surface area contributed by atoms with Crippen molar-refractivity contribution in [1.29, 1.82) is 0 Å². The van der Waals surface area contributed by atoms with Gasteiger partial charge in [-0.25, -0.2) is 8.78 Å². The number of nitrogens with two attached hydrogens (primary N) is 1. The van der Waals surface area contributed by atoms with Crippen molar-refractivity contribution in [1.82, 2.24) is 0 Å². The second-order valence-corrected chi connectivity index (χ2v) is 7.91. The van der Waals surface area contributed by atoms with Crippen molar-refractivity contribution >= 4 is 22.9 Å². The zero-order valence-electron chi connectivity index (χ0n) is 15.8. The number of hydrogen-bond acceptors (Lipinski definition) is 2. The Balaban J connectivity index is 1.71. The maximum absolute atomic E-state index is 13.7. The number of quaternary nitrogens is 1. The minimum atomic E-state index is -0.785. The summed E-state index contributed by atoms with van der Waals surface area (Å²) in [5.41, 5.74) is 2.35. The average molecular weight is 402 g/mol. The second kappa shape index (κ2) is 9.08. The minimum absolute atomic E-state index is 0.0197. The molecule has 146 valence electrons. The van der Waals surface area contributed by atoms with Gasteiger partial charge in [0.2, 0.25) is 0 Å². The van der Waals surface area contributed by atoms with Crippen LogP contribution in [0.3, 0.4) is 0 Å². The number of anilines is 1. The fraction of sp³-hybridized carbons (Fsp3) is 0.227. The Morgan fingerprint density at radius 2 is 1.79 bits per heavy atom. The highest BCUT2D eigenvalue weighted by Gasteiger charge is 2.20. The number of carbonyl (C=O) groups excluding carboxylic acids is 1. The van der Waals surface area contributed by atoms with E-state index in [1.165, 1.54) is 11.6 Å². The van der Waals surface area contributed by atoms with Crippen molar-refractivity contribution in [3.63, 3.8) is 0 Å². The first kappa shape index (κ1) is 20.2. The van der Waals surface area contributed by atoms with Gasteiger partial charge in [0.25, 0.3) is 5.91 Å². The lowest BCUT2D eigenvalue weighted by molar-refractivity contribution is -0.675. The number of rotatable bonds is 7. The quantitative estimate of drug-likeness (QED) is 0.604. The van der Waals surface area contributed by atoms with E-state index < -0.39 is 11.6 Å². The summed E-state index contributed by atoms with van der Waals surface area (Å²) < 4.78 is 26.7. The molecule has 0 bridgehead atoms. The molecule has 3 nitrogen and oxygen atoms in total. The van der Waals surface area contributed by atoms with Crippen LogP contribution in [0.25, 0.3) is 0 Å². The molecule has 0 saturated carbocycles. The van der Waals surface area contributed by atoms with E-state index in [2.05, 4.69) is 43.4 Å². The molecule has 0 aliphatic heterocycles. The summed E-state index contributed by atoms with van der Waals surface area (Å²) >= 11 is 1.63. The molecule has 0 unspecified atom stereocenters. The highest BCUT2D eigenvalue weighted by Crippen LogP contribution is 2.24. The Morgan fingerprint density at radius 3 is 2.39 bits per heavy atom. The van der Waals surface area contributed by atoms with Gasteiger partial charge in [0, 0.05) is 11.6 Å². The van der Waals surface area contributed by atoms with Gasteiger partial charge in [-0.3, -0.25) is 4.79 Å². The summed E-state index contributed by atoms with van der Waals surface area (Å²) in [6.45, 7) is 4.42. The lowest BCUT2D eigenvalue weighted by Gasteiger charge is -2.16. The number of nitrogens with one attached hydrogen (secondary N) is 1. The number of halogens is 2. The van der Waals surface area contributed by atoms with Crippen LogP contribution in [-0.2, 0) is 4.79 Å². The molecule has 3 N–H and O–H groups in total. The highest BCUT2D eigenvalue weighted by atomic mass is 32.1. The van der Waals surface area contributed by atoms with Crippen LogP contribution in [0.15, 0.2) is 60.0 Å². The molecule has 0 spiro atoms. The third-order valence-corrected chi connectivity index (χ3v) is 5.51. The Hall–Kier alpha value is -2.57. The number of benzene rings is 2. The molecule has 1 heterocycles. The van der Waals surface area contributed by atoms with Gasteiger partial charge in [0.1, 0.15) is 17.7 Å².